The standard InChI is InChI=1S/C11H10ClIN2O2/c1-6-11(17)15(5-10(16)14-6)9-3-2-7(13)4-8(9)12/h2-4,6H,5H2,1H3,(H,14,16). The Balaban J connectivity index is 2.38. The molecule has 0 aromatic heterocycles. The summed E-state index contributed by atoms with van der Waals surface area (Å²) in [6, 6.07) is 4.87. The highest BCUT2D eigenvalue weighted by Crippen LogP contribution is 2.28. The predicted molar refractivity (Wildman–Crippen MR) is 74.1 cm³/mol. The van der Waals surface area contributed by atoms with Crippen LogP contribution in [0.5, 0.6) is 0 Å². The van der Waals surface area contributed by atoms with Gasteiger partial charge in [-0.2, -0.15) is 0 Å². The van der Waals surface area contributed by atoms with Crippen molar-refractivity contribution in [1.29, 1.82) is 0 Å². The Kier molecular flexibility index (Phi) is 3.58. The minimum Gasteiger partial charge on any atom is -0.343 e. The fourth-order valence-electron chi connectivity index (χ4n) is 1.71. The van der Waals surface area contributed by atoms with Gasteiger partial charge in [0.05, 0.1) is 10.7 Å². The lowest BCUT2D eigenvalue weighted by atomic mass is 10.2. The molecule has 1 saturated heterocycles. The van der Waals surface area contributed by atoms with Crippen LogP contribution in [0, 0.1) is 3.57 Å². The molecular formula is C11H10ClIN2O2. The molecule has 6 heteroatoms. The summed E-state index contributed by atoms with van der Waals surface area (Å²) in [5, 5.41) is 3.06. The van der Waals surface area contributed by atoms with Crippen molar-refractivity contribution in [2.75, 3.05) is 11.4 Å². The molecule has 1 aliphatic rings. The van der Waals surface area contributed by atoms with Gasteiger partial charge in [0, 0.05) is 3.57 Å². The van der Waals surface area contributed by atoms with E-state index in [0.717, 1.165) is 3.57 Å². The summed E-state index contributed by atoms with van der Waals surface area (Å²) in [5.41, 5.74) is 0.582. The molecular weight excluding hydrogens is 354 g/mol. The van der Waals surface area contributed by atoms with E-state index in [1.807, 2.05) is 6.07 Å². The molecule has 17 heavy (non-hydrogen) atoms. The molecule has 1 N–H and O–H groups in total. The van der Waals surface area contributed by atoms with Crippen molar-refractivity contribution in [3.8, 4) is 0 Å². The molecule has 1 aliphatic heterocycles. The summed E-state index contributed by atoms with van der Waals surface area (Å²) in [4.78, 5) is 24.8. The predicted octanol–water partition coefficient (Wildman–Crippen LogP) is 1.80. The zero-order valence-electron chi connectivity index (χ0n) is 9.04. The number of benzene rings is 1. The normalized spacial score (nSPS) is 20.4. The van der Waals surface area contributed by atoms with Gasteiger partial charge >= 0.3 is 0 Å². The molecule has 90 valence electrons. The Morgan fingerprint density at radius 3 is 2.82 bits per heavy atom. The van der Waals surface area contributed by atoms with Crippen LogP contribution in [0.4, 0.5) is 5.69 Å². The summed E-state index contributed by atoms with van der Waals surface area (Å²) >= 11 is 8.23. The number of rotatable bonds is 1. The highest BCUT2D eigenvalue weighted by Gasteiger charge is 2.31. The smallest absolute Gasteiger partial charge is 0.249 e. The second-order valence-corrected chi connectivity index (χ2v) is 5.46. The first-order valence-electron chi connectivity index (χ1n) is 5.05. The lowest BCUT2D eigenvalue weighted by molar-refractivity contribution is -0.130. The number of hydrogen-bond donors (Lipinski definition) is 1. The molecule has 4 nitrogen and oxygen atoms in total. The van der Waals surface area contributed by atoms with Crippen LogP contribution >= 0.6 is 34.2 Å². The molecule has 2 amide bonds. The van der Waals surface area contributed by atoms with Crippen molar-refractivity contribution in [3.05, 3.63) is 26.8 Å². The highest BCUT2D eigenvalue weighted by molar-refractivity contribution is 14.1. The molecule has 0 aliphatic carbocycles. The maximum Gasteiger partial charge on any atom is 0.249 e. The molecule has 1 fully saturated rings. The van der Waals surface area contributed by atoms with Gasteiger partial charge in [-0.3, -0.25) is 14.5 Å². The van der Waals surface area contributed by atoms with Gasteiger partial charge in [0.2, 0.25) is 11.8 Å². The first kappa shape index (κ1) is 12.6. The van der Waals surface area contributed by atoms with E-state index in [0.29, 0.717) is 10.7 Å². The van der Waals surface area contributed by atoms with Gasteiger partial charge in [0.15, 0.2) is 0 Å². The second kappa shape index (κ2) is 4.81. The van der Waals surface area contributed by atoms with Crippen molar-refractivity contribution in [2.24, 2.45) is 0 Å². The largest absolute Gasteiger partial charge is 0.343 e. The van der Waals surface area contributed by atoms with Gasteiger partial charge in [0.1, 0.15) is 12.6 Å². The Morgan fingerprint density at radius 1 is 1.47 bits per heavy atom. The monoisotopic (exact) mass is 364 g/mol. The number of carbonyl (C=O) groups is 2. The quantitative estimate of drug-likeness (QED) is 0.773. The first-order valence-corrected chi connectivity index (χ1v) is 6.50. The third-order valence-electron chi connectivity index (χ3n) is 2.52. The zero-order chi connectivity index (χ0) is 12.6. The van der Waals surface area contributed by atoms with Gasteiger partial charge in [-0.25, -0.2) is 0 Å². The van der Waals surface area contributed by atoms with Crippen LogP contribution in [-0.4, -0.2) is 24.4 Å². The van der Waals surface area contributed by atoms with E-state index < -0.39 is 6.04 Å². The van der Waals surface area contributed by atoms with Crippen LogP contribution in [0.15, 0.2) is 18.2 Å². The third kappa shape index (κ3) is 2.55. The number of anilines is 1. The lowest BCUT2D eigenvalue weighted by Crippen LogP contribution is -2.57. The Labute approximate surface area is 117 Å². The van der Waals surface area contributed by atoms with Gasteiger partial charge in [-0.1, -0.05) is 11.6 Å². The SMILES string of the molecule is CC1NC(=O)CN(c2ccc(I)cc2Cl)C1=O. The summed E-state index contributed by atoms with van der Waals surface area (Å²) in [6.45, 7) is 1.68. The third-order valence-corrected chi connectivity index (χ3v) is 3.49. The van der Waals surface area contributed by atoms with Crippen LogP contribution in [-0.2, 0) is 9.59 Å². The number of hydrogen-bond acceptors (Lipinski definition) is 2. The van der Waals surface area contributed by atoms with Gasteiger partial charge in [-0.05, 0) is 47.7 Å². The summed E-state index contributed by atoms with van der Waals surface area (Å²) in [6.07, 6.45) is 0. The van der Waals surface area contributed by atoms with E-state index in [9.17, 15) is 9.59 Å². The van der Waals surface area contributed by atoms with Crippen LogP contribution in [0.25, 0.3) is 0 Å². The molecule has 1 aromatic carbocycles. The maximum absolute atomic E-state index is 12.0. The van der Waals surface area contributed by atoms with Crippen molar-refractivity contribution in [3.63, 3.8) is 0 Å². The highest BCUT2D eigenvalue weighted by atomic mass is 127. The van der Waals surface area contributed by atoms with Crippen LogP contribution in [0.3, 0.4) is 0 Å². The van der Waals surface area contributed by atoms with Gasteiger partial charge < -0.3 is 5.32 Å². The molecule has 1 heterocycles. The molecule has 2 rings (SSSR count). The van der Waals surface area contributed by atoms with Crippen LogP contribution in [0.2, 0.25) is 5.02 Å². The molecule has 0 radical (unpaired) electrons. The fourth-order valence-corrected chi connectivity index (χ4v) is 2.67. The lowest BCUT2D eigenvalue weighted by Gasteiger charge is -2.31. The van der Waals surface area contributed by atoms with E-state index in [2.05, 4.69) is 27.9 Å². The average Bonchev–Trinajstić information content (AvgIpc) is 2.24. The number of carbonyl (C=O) groups excluding carboxylic acids is 2. The van der Waals surface area contributed by atoms with Gasteiger partial charge in [0.25, 0.3) is 0 Å². The summed E-state index contributed by atoms with van der Waals surface area (Å²) < 4.78 is 0.985. The van der Waals surface area contributed by atoms with Crippen molar-refractivity contribution < 1.29 is 9.59 Å². The van der Waals surface area contributed by atoms with Gasteiger partial charge in [-0.15, -0.1) is 0 Å². The second-order valence-electron chi connectivity index (χ2n) is 3.81. The topological polar surface area (TPSA) is 49.4 Å². The van der Waals surface area contributed by atoms with E-state index in [-0.39, 0.29) is 18.4 Å². The number of halogens is 2. The fraction of sp³-hybridized carbons (Fsp3) is 0.273. The van der Waals surface area contributed by atoms with E-state index in [1.165, 1.54) is 4.90 Å². The van der Waals surface area contributed by atoms with E-state index in [1.54, 1.807) is 19.1 Å². The summed E-state index contributed by atoms with van der Waals surface area (Å²) in [5.74, 6) is -0.320. The minimum absolute atomic E-state index is 0.0173. The van der Waals surface area contributed by atoms with Crippen molar-refractivity contribution >= 4 is 51.7 Å². The molecule has 0 bridgehead atoms. The first-order chi connectivity index (χ1) is 7.99. The Bertz CT molecular complexity index is 492. The zero-order valence-corrected chi connectivity index (χ0v) is 11.9. The van der Waals surface area contributed by atoms with E-state index in [4.69, 9.17) is 11.6 Å². The van der Waals surface area contributed by atoms with E-state index >= 15 is 0 Å². The van der Waals surface area contributed by atoms with Crippen LogP contribution in [0.1, 0.15) is 6.92 Å². The van der Waals surface area contributed by atoms with Crippen LogP contribution < -0.4 is 10.2 Å². The maximum atomic E-state index is 12.0. The molecule has 0 saturated carbocycles. The van der Waals surface area contributed by atoms with Crippen molar-refractivity contribution in [1.82, 2.24) is 5.32 Å². The Morgan fingerprint density at radius 2 is 2.18 bits per heavy atom. The molecule has 0 spiro atoms. The molecule has 1 aromatic rings. The molecule has 1 atom stereocenters. The minimum atomic E-state index is -0.508. The molecule has 1 unspecified atom stereocenters. The Hall–Kier alpha value is -0.820. The number of amides is 2. The van der Waals surface area contributed by atoms with Crippen molar-refractivity contribution in [2.45, 2.75) is 13.0 Å². The summed E-state index contributed by atoms with van der Waals surface area (Å²) in [7, 11) is 0. The number of piperazine rings is 1. The number of nitrogens with zero attached hydrogens (tertiary/aromatic N) is 1. The average molecular weight is 365 g/mol. The number of nitrogens with one attached hydrogen (secondary N) is 1.